The van der Waals surface area contributed by atoms with Crippen LogP contribution >= 0.6 is 0 Å². The molecule has 0 aliphatic heterocycles. The van der Waals surface area contributed by atoms with Crippen molar-refractivity contribution < 1.29 is 22.4 Å². The lowest BCUT2D eigenvalue weighted by molar-refractivity contribution is -0.847. The number of benzene rings is 1. The Labute approximate surface area is 90.3 Å². The Bertz CT molecular complexity index is 527. The third-order valence-corrected chi connectivity index (χ3v) is 2.26. The highest BCUT2D eigenvalue weighted by molar-refractivity contribution is 6.50. The Morgan fingerprint density at radius 1 is 1.12 bits per heavy atom. The van der Waals surface area contributed by atoms with Gasteiger partial charge in [-0.1, -0.05) is 12.1 Å². The molecule has 2 nitrogen and oxygen atoms in total. The number of halogens is 3. The molecule has 0 atom stereocenters. The number of aryl methyl sites for hydroxylation is 1. The van der Waals surface area contributed by atoms with Crippen LogP contribution in [0, 0.1) is 6.92 Å². The second-order valence-electron chi connectivity index (χ2n) is 3.46. The van der Waals surface area contributed by atoms with Gasteiger partial charge in [-0.25, -0.2) is 0 Å². The summed E-state index contributed by atoms with van der Waals surface area (Å²) in [6.07, 6.45) is 1.27. The molecule has 1 heterocycles. The van der Waals surface area contributed by atoms with Gasteiger partial charge in [0.05, 0.1) is 5.39 Å². The van der Waals surface area contributed by atoms with Gasteiger partial charge in [0.1, 0.15) is 0 Å². The largest absolute Gasteiger partial charge is 0.752 e. The fourth-order valence-corrected chi connectivity index (χ4v) is 1.57. The smallest absolute Gasteiger partial charge is 0.407 e. The van der Waals surface area contributed by atoms with Crippen LogP contribution < -0.4 is 9.49 Å². The van der Waals surface area contributed by atoms with Gasteiger partial charge in [0, 0.05) is 12.1 Å². The highest BCUT2D eigenvalue weighted by Crippen LogP contribution is 2.14. The molecule has 0 radical (unpaired) electrons. The second kappa shape index (κ2) is 3.70. The molecule has 1 aromatic heterocycles. The number of rotatable bonds is 2. The molecule has 2 aromatic rings. The van der Waals surface area contributed by atoms with Crippen LogP contribution in [0.15, 0.2) is 36.5 Å². The molecule has 0 saturated heterocycles. The molecular formula is C10H9BF3NO. The van der Waals surface area contributed by atoms with Gasteiger partial charge in [0.25, 0.3) is 5.52 Å². The van der Waals surface area contributed by atoms with E-state index in [0.717, 1.165) is 15.7 Å². The minimum Gasteiger partial charge on any atom is -0.407 e. The Hall–Kier alpha value is -1.72. The summed E-state index contributed by atoms with van der Waals surface area (Å²) in [4.78, 5) is 0. The fraction of sp³-hybridized carbons (Fsp3) is 0.100. The van der Waals surface area contributed by atoms with E-state index in [1.54, 1.807) is 30.3 Å². The van der Waals surface area contributed by atoms with Crippen LogP contribution in [0.3, 0.4) is 0 Å². The van der Waals surface area contributed by atoms with E-state index < -0.39 is 7.18 Å². The van der Waals surface area contributed by atoms with Gasteiger partial charge >= 0.3 is 7.18 Å². The maximum Gasteiger partial charge on any atom is 0.752 e. The predicted molar refractivity (Wildman–Crippen MR) is 54.5 cm³/mol. The van der Waals surface area contributed by atoms with Crippen LogP contribution in [0.25, 0.3) is 10.9 Å². The van der Waals surface area contributed by atoms with Crippen LogP contribution in [-0.2, 0) is 0 Å². The number of aromatic nitrogens is 1. The third-order valence-electron chi connectivity index (χ3n) is 2.26. The van der Waals surface area contributed by atoms with Crippen molar-refractivity contribution >= 4 is 18.1 Å². The summed E-state index contributed by atoms with van der Waals surface area (Å²) < 4.78 is 41.3. The molecule has 0 saturated carbocycles. The van der Waals surface area contributed by atoms with E-state index in [-0.39, 0.29) is 0 Å². The standard InChI is InChI=1S/C10H9BF3NO/c1-8-6-7-15(16-11(12,13)14)10-5-3-2-4-9(8)10/h2-7H,1H3. The number of hydrogen-bond donors (Lipinski definition) is 0. The highest BCUT2D eigenvalue weighted by atomic mass is 19.4. The van der Waals surface area contributed by atoms with Gasteiger partial charge < -0.3 is 17.7 Å². The Morgan fingerprint density at radius 2 is 1.81 bits per heavy atom. The minimum absolute atomic E-state index is 0.404. The molecule has 0 fully saturated rings. The van der Waals surface area contributed by atoms with Gasteiger partial charge in [0.15, 0.2) is 0 Å². The summed E-state index contributed by atoms with van der Waals surface area (Å²) in [5.74, 6) is 0. The summed E-state index contributed by atoms with van der Waals surface area (Å²) in [5, 5.41) is 0.741. The SMILES string of the molecule is Cc1cc[n+](O[B-](F)(F)F)c2ccccc12. The summed E-state index contributed by atoms with van der Waals surface area (Å²) in [6, 6.07) is 8.38. The average molecular weight is 227 g/mol. The van der Waals surface area contributed by atoms with Crippen molar-refractivity contribution in [3.05, 3.63) is 42.1 Å². The zero-order valence-corrected chi connectivity index (χ0v) is 8.53. The molecule has 0 unspecified atom stereocenters. The second-order valence-corrected chi connectivity index (χ2v) is 3.46. The van der Waals surface area contributed by atoms with E-state index in [2.05, 4.69) is 4.76 Å². The lowest BCUT2D eigenvalue weighted by Gasteiger charge is -2.11. The van der Waals surface area contributed by atoms with E-state index in [9.17, 15) is 12.9 Å². The highest BCUT2D eigenvalue weighted by Gasteiger charge is 2.34. The Kier molecular flexibility index (Phi) is 2.49. The normalized spacial score (nSPS) is 11.8. The summed E-state index contributed by atoms with van der Waals surface area (Å²) in [5.41, 5.74) is 1.31. The van der Waals surface area contributed by atoms with Crippen molar-refractivity contribution in [1.82, 2.24) is 0 Å². The van der Waals surface area contributed by atoms with Crippen molar-refractivity contribution in [2.75, 3.05) is 0 Å². The zero-order valence-electron chi connectivity index (χ0n) is 8.53. The molecule has 2 rings (SSSR count). The molecule has 0 N–H and O–H groups in total. The topological polar surface area (TPSA) is 13.1 Å². The van der Waals surface area contributed by atoms with Gasteiger partial charge in [-0.15, -0.1) is 0 Å². The van der Waals surface area contributed by atoms with Gasteiger partial charge in [0.2, 0.25) is 6.20 Å². The average Bonchev–Trinajstić information content (AvgIpc) is 2.21. The number of fused-ring (bicyclic) bond motifs is 1. The molecule has 6 heteroatoms. The quantitative estimate of drug-likeness (QED) is 0.566. The number of pyridine rings is 1. The minimum atomic E-state index is -5.31. The molecule has 16 heavy (non-hydrogen) atoms. The van der Waals surface area contributed by atoms with Crippen LogP contribution in [0.2, 0.25) is 0 Å². The predicted octanol–water partition coefficient (Wildman–Crippen LogP) is 2.21. The van der Waals surface area contributed by atoms with Crippen molar-refractivity contribution in [3.8, 4) is 0 Å². The number of para-hydroxylation sites is 1. The van der Waals surface area contributed by atoms with Crippen molar-refractivity contribution in [1.29, 1.82) is 0 Å². The maximum absolute atomic E-state index is 12.2. The molecule has 1 aromatic carbocycles. The number of hydrogen-bond acceptors (Lipinski definition) is 1. The van der Waals surface area contributed by atoms with E-state index in [1.165, 1.54) is 6.20 Å². The van der Waals surface area contributed by atoms with Crippen LogP contribution in [0.5, 0.6) is 0 Å². The van der Waals surface area contributed by atoms with E-state index in [1.807, 2.05) is 6.92 Å². The molecular weight excluding hydrogens is 218 g/mol. The van der Waals surface area contributed by atoms with Gasteiger partial charge in [-0.05, 0) is 23.3 Å². The summed E-state index contributed by atoms with van der Waals surface area (Å²) in [7, 11) is -5.31. The van der Waals surface area contributed by atoms with Crippen molar-refractivity contribution in [2.45, 2.75) is 6.92 Å². The first-order valence-electron chi connectivity index (χ1n) is 4.75. The van der Waals surface area contributed by atoms with Gasteiger partial charge in [-0.3, -0.25) is 0 Å². The van der Waals surface area contributed by atoms with Gasteiger partial charge in [-0.2, -0.15) is 0 Å². The summed E-state index contributed by atoms with van der Waals surface area (Å²) >= 11 is 0. The van der Waals surface area contributed by atoms with E-state index in [4.69, 9.17) is 0 Å². The Morgan fingerprint density at radius 3 is 2.50 bits per heavy atom. The molecule has 0 aliphatic rings. The molecule has 0 bridgehead atoms. The van der Waals surface area contributed by atoms with Crippen LogP contribution in [0.4, 0.5) is 12.9 Å². The molecule has 0 spiro atoms. The molecule has 84 valence electrons. The first kappa shape index (κ1) is 10.8. The molecule has 0 aliphatic carbocycles. The van der Waals surface area contributed by atoms with Crippen molar-refractivity contribution in [3.63, 3.8) is 0 Å². The van der Waals surface area contributed by atoms with Crippen LogP contribution in [-0.4, -0.2) is 7.18 Å². The lowest BCUT2D eigenvalue weighted by Crippen LogP contribution is -2.52. The van der Waals surface area contributed by atoms with Crippen LogP contribution in [0.1, 0.15) is 5.56 Å². The first-order valence-corrected chi connectivity index (χ1v) is 4.75. The Balaban J connectivity index is 2.59. The van der Waals surface area contributed by atoms with E-state index in [0.29, 0.717) is 5.52 Å². The zero-order chi connectivity index (χ0) is 11.8. The lowest BCUT2D eigenvalue weighted by atomic mass is 10.1. The molecule has 0 amide bonds. The fourth-order valence-electron chi connectivity index (χ4n) is 1.57. The van der Waals surface area contributed by atoms with E-state index >= 15 is 0 Å². The first-order chi connectivity index (χ1) is 7.47. The maximum atomic E-state index is 12.2. The monoisotopic (exact) mass is 227 g/mol. The number of nitrogens with zero attached hydrogens (tertiary/aromatic N) is 1. The summed E-state index contributed by atoms with van der Waals surface area (Å²) in [6.45, 7) is 1.84. The van der Waals surface area contributed by atoms with Crippen molar-refractivity contribution in [2.24, 2.45) is 0 Å². The third kappa shape index (κ3) is 2.10.